The van der Waals surface area contributed by atoms with E-state index < -0.39 is 18.0 Å². The topological polar surface area (TPSA) is 92.7 Å². The van der Waals surface area contributed by atoms with Gasteiger partial charge in [-0.3, -0.25) is 9.59 Å². The molecule has 98 valence electrons. The zero-order valence-corrected chi connectivity index (χ0v) is 10.5. The molecule has 6 heteroatoms. The number of hydrogen-bond acceptors (Lipinski definition) is 4. The van der Waals surface area contributed by atoms with Gasteiger partial charge in [0.2, 0.25) is 5.91 Å². The highest BCUT2D eigenvalue weighted by Crippen LogP contribution is 2.10. The van der Waals surface area contributed by atoms with Crippen LogP contribution >= 0.6 is 0 Å². The molecule has 1 unspecified atom stereocenters. The summed E-state index contributed by atoms with van der Waals surface area (Å²) in [6.07, 6.45) is -0.373. The van der Waals surface area contributed by atoms with Crippen molar-refractivity contribution in [3.8, 4) is 0 Å². The zero-order chi connectivity index (χ0) is 13.6. The monoisotopic (exact) mass is 245 g/mol. The number of amides is 1. The largest absolute Gasteiger partial charge is 0.480 e. The van der Waals surface area contributed by atoms with E-state index in [1.165, 1.54) is 7.11 Å². The van der Waals surface area contributed by atoms with Crippen molar-refractivity contribution in [2.75, 3.05) is 7.11 Å². The second-order valence-electron chi connectivity index (χ2n) is 4.21. The van der Waals surface area contributed by atoms with Gasteiger partial charge in [0.15, 0.2) is 0 Å². The highest BCUT2D eigenvalue weighted by atomic mass is 16.5. The van der Waals surface area contributed by atoms with Gasteiger partial charge in [0.1, 0.15) is 6.04 Å². The van der Waals surface area contributed by atoms with Crippen LogP contribution in [0.25, 0.3) is 0 Å². The van der Waals surface area contributed by atoms with Gasteiger partial charge in [-0.25, -0.2) is 4.79 Å². The normalized spacial score (nSPS) is 13.9. The maximum Gasteiger partial charge on any atom is 0.326 e. The summed E-state index contributed by atoms with van der Waals surface area (Å²) in [5.41, 5.74) is 0. The van der Waals surface area contributed by atoms with E-state index in [1.807, 2.05) is 13.8 Å². The van der Waals surface area contributed by atoms with Gasteiger partial charge in [0.25, 0.3) is 0 Å². The maximum atomic E-state index is 11.6. The average Bonchev–Trinajstić information content (AvgIpc) is 2.26. The summed E-state index contributed by atoms with van der Waals surface area (Å²) in [4.78, 5) is 33.5. The summed E-state index contributed by atoms with van der Waals surface area (Å²) in [7, 11) is 1.17. The molecule has 0 heterocycles. The van der Waals surface area contributed by atoms with E-state index in [0.717, 1.165) is 0 Å². The number of ether oxygens (including phenoxy) is 1. The molecule has 0 aliphatic carbocycles. The number of carbonyl (C=O) groups excluding carboxylic acids is 2. The predicted molar refractivity (Wildman–Crippen MR) is 60.2 cm³/mol. The fourth-order valence-electron chi connectivity index (χ4n) is 1.06. The second kappa shape index (κ2) is 6.88. The molecule has 0 aromatic carbocycles. The second-order valence-corrected chi connectivity index (χ2v) is 4.21. The predicted octanol–water partition coefficient (Wildman–Crippen LogP) is 0.411. The number of carboxylic acid groups (broad SMARTS) is 1. The number of carboxylic acids is 1. The minimum absolute atomic E-state index is 0.0996. The molecule has 2 N–H and O–H groups in total. The number of esters is 1. The molecule has 0 radical (unpaired) electrons. The van der Waals surface area contributed by atoms with Crippen molar-refractivity contribution in [2.24, 2.45) is 11.8 Å². The summed E-state index contributed by atoms with van der Waals surface area (Å²) in [5.74, 6) is -2.51. The third-order valence-corrected chi connectivity index (χ3v) is 2.63. The summed E-state index contributed by atoms with van der Waals surface area (Å²) < 4.78 is 4.37. The minimum Gasteiger partial charge on any atom is -0.480 e. The number of hydrogen-bond donors (Lipinski definition) is 2. The van der Waals surface area contributed by atoms with Gasteiger partial charge in [-0.1, -0.05) is 20.8 Å². The maximum absolute atomic E-state index is 11.6. The van der Waals surface area contributed by atoms with Crippen LogP contribution < -0.4 is 5.32 Å². The van der Waals surface area contributed by atoms with Gasteiger partial charge in [-0.05, 0) is 5.92 Å². The van der Waals surface area contributed by atoms with Crippen molar-refractivity contribution in [3.63, 3.8) is 0 Å². The fraction of sp³-hybridized carbons (Fsp3) is 0.727. The van der Waals surface area contributed by atoms with E-state index in [4.69, 9.17) is 5.11 Å². The summed E-state index contributed by atoms with van der Waals surface area (Å²) in [5, 5.41) is 11.2. The molecule has 17 heavy (non-hydrogen) atoms. The van der Waals surface area contributed by atoms with Crippen molar-refractivity contribution in [1.82, 2.24) is 5.32 Å². The Morgan fingerprint density at radius 3 is 2.12 bits per heavy atom. The number of methoxy groups -OCH3 is 1. The lowest BCUT2D eigenvalue weighted by Gasteiger charge is -2.19. The van der Waals surface area contributed by atoms with E-state index in [2.05, 4.69) is 10.1 Å². The first-order valence-electron chi connectivity index (χ1n) is 5.39. The van der Waals surface area contributed by atoms with Gasteiger partial charge in [-0.2, -0.15) is 0 Å². The lowest BCUT2D eigenvalue weighted by Crippen LogP contribution is -2.45. The Morgan fingerprint density at radius 1 is 1.24 bits per heavy atom. The van der Waals surface area contributed by atoms with Crippen LogP contribution in [-0.2, 0) is 19.1 Å². The first kappa shape index (κ1) is 15.4. The molecule has 6 nitrogen and oxygen atoms in total. The summed E-state index contributed by atoms with van der Waals surface area (Å²) in [6, 6.07) is -1.24. The van der Waals surface area contributed by atoms with E-state index in [1.54, 1.807) is 6.92 Å². The molecule has 0 saturated carbocycles. The van der Waals surface area contributed by atoms with Crippen LogP contribution in [0.4, 0.5) is 0 Å². The fourth-order valence-corrected chi connectivity index (χ4v) is 1.06. The minimum atomic E-state index is -1.25. The van der Waals surface area contributed by atoms with E-state index in [0.29, 0.717) is 0 Å². The smallest absolute Gasteiger partial charge is 0.326 e. The van der Waals surface area contributed by atoms with Crippen molar-refractivity contribution in [1.29, 1.82) is 0 Å². The molecule has 0 aromatic heterocycles. The molecule has 0 saturated heterocycles. The Morgan fingerprint density at radius 2 is 1.76 bits per heavy atom. The molecule has 0 spiro atoms. The molecule has 0 aromatic rings. The van der Waals surface area contributed by atoms with Gasteiger partial charge >= 0.3 is 11.9 Å². The summed E-state index contributed by atoms with van der Waals surface area (Å²) in [6.45, 7) is 5.43. The molecule has 0 bridgehead atoms. The Balaban J connectivity index is 4.50. The molecule has 0 rings (SSSR count). The van der Waals surface area contributed by atoms with E-state index >= 15 is 0 Å². The van der Waals surface area contributed by atoms with Crippen LogP contribution in [0, 0.1) is 11.8 Å². The van der Waals surface area contributed by atoms with Crippen molar-refractivity contribution >= 4 is 17.8 Å². The molecular formula is C11H19NO5. The summed E-state index contributed by atoms with van der Waals surface area (Å²) >= 11 is 0. The van der Waals surface area contributed by atoms with Crippen molar-refractivity contribution in [3.05, 3.63) is 0 Å². The molecule has 2 atom stereocenters. The SMILES string of the molecule is COC(=O)C[C@H](NC(=O)C(C)C(C)C)C(=O)O. The molecule has 0 fully saturated rings. The van der Waals surface area contributed by atoms with Crippen molar-refractivity contribution in [2.45, 2.75) is 33.2 Å². The van der Waals surface area contributed by atoms with Crippen LogP contribution in [0.1, 0.15) is 27.2 Å². The van der Waals surface area contributed by atoms with E-state index in [-0.39, 0.29) is 24.2 Å². The highest BCUT2D eigenvalue weighted by Gasteiger charge is 2.26. The number of rotatable bonds is 6. The van der Waals surface area contributed by atoms with Gasteiger partial charge in [-0.15, -0.1) is 0 Å². The van der Waals surface area contributed by atoms with Crippen LogP contribution in [-0.4, -0.2) is 36.1 Å². The number of carbonyl (C=O) groups is 3. The third kappa shape index (κ3) is 5.33. The van der Waals surface area contributed by atoms with Gasteiger partial charge < -0.3 is 15.2 Å². The first-order chi connectivity index (χ1) is 7.79. The Bertz CT molecular complexity index is 300. The number of nitrogens with one attached hydrogen (secondary N) is 1. The quantitative estimate of drug-likeness (QED) is 0.661. The standard InChI is InChI=1S/C11H19NO5/c1-6(2)7(3)10(14)12-8(11(15)16)5-9(13)17-4/h6-8H,5H2,1-4H3,(H,12,14)(H,15,16)/t7?,8-/m0/s1. The lowest BCUT2D eigenvalue weighted by molar-refractivity contribution is -0.149. The van der Waals surface area contributed by atoms with Crippen LogP contribution in [0.15, 0.2) is 0 Å². The molecule has 0 aliphatic rings. The first-order valence-corrected chi connectivity index (χ1v) is 5.39. The van der Waals surface area contributed by atoms with Crippen LogP contribution in [0.5, 0.6) is 0 Å². The van der Waals surface area contributed by atoms with Crippen LogP contribution in [0.2, 0.25) is 0 Å². The molecule has 1 amide bonds. The number of aliphatic carboxylic acids is 1. The Hall–Kier alpha value is -1.59. The lowest BCUT2D eigenvalue weighted by atomic mass is 9.97. The Labute approximate surface area is 100 Å². The Kier molecular flexibility index (Phi) is 6.23. The third-order valence-electron chi connectivity index (χ3n) is 2.63. The van der Waals surface area contributed by atoms with E-state index in [9.17, 15) is 14.4 Å². The van der Waals surface area contributed by atoms with Crippen LogP contribution in [0.3, 0.4) is 0 Å². The average molecular weight is 245 g/mol. The van der Waals surface area contributed by atoms with Gasteiger partial charge in [0.05, 0.1) is 13.5 Å². The zero-order valence-electron chi connectivity index (χ0n) is 10.5. The van der Waals surface area contributed by atoms with Crippen molar-refractivity contribution < 1.29 is 24.2 Å². The molecular weight excluding hydrogens is 226 g/mol. The molecule has 0 aliphatic heterocycles. The van der Waals surface area contributed by atoms with Gasteiger partial charge in [0, 0.05) is 5.92 Å². The highest BCUT2D eigenvalue weighted by molar-refractivity contribution is 5.88.